The summed E-state index contributed by atoms with van der Waals surface area (Å²) in [6.45, 7) is 0. The summed E-state index contributed by atoms with van der Waals surface area (Å²) in [5, 5.41) is 4.00. The van der Waals surface area contributed by atoms with E-state index in [0.29, 0.717) is 96.9 Å². The molecular weight excluding hydrogens is 1260 g/mol. The number of hydrogen-bond acceptors (Lipinski definition) is 9. The van der Waals surface area contributed by atoms with Gasteiger partial charge in [-0.15, -0.1) is 0 Å². The van der Waals surface area contributed by atoms with E-state index in [2.05, 4.69) is 0 Å². The second-order valence-corrected chi connectivity index (χ2v) is 21.0. The Hall–Kier alpha value is -4.43. The van der Waals surface area contributed by atoms with Crippen LogP contribution in [-0.4, -0.2) is 0 Å². The molecule has 9 rings (SSSR count). The average Bonchev–Trinajstić information content (AvgIpc) is 3.40. The molecule has 22 heteroatoms. The van der Waals surface area contributed by atoms with Crippen LogP contribution in [-0.2, 0) is 16.5 Å². The van der Waals surface area contributed by atoms with Crippen LogP contribution in [0.25, 0.3) is 0 Å². The molecule has 0 fully saturated rings. The zero-order chi connectivity index (χ0) is 52.9. The van der Waals surface area contributed by atoms with Gasteiger partial charge in [0.2, 0.25) is 0 Å². The van der Waals surface area contributed by atoms with Crippen LogP contribution in [0.2, 0.25) is 45.2 Å². The van der Waals surface area contributed by atoms with Gasteiger partial charge in [-0.1, -0.05) is 214 Å². The summed E-state index contributed by atoms with van der Waals surface area (Å²) >= 11 is 55.4. The molecule has 0 heterocycles. The summed E-state index contributed by atoms with van der Waals surface area (Å²) in [5.74, 6) is 3.95. The Labute approximate surface area is 498 Å². The van der Waals surface area contributed by atoms with Crippen molar-refractivity contribution >= 4 is 130 Å². The predicted octanol–water partition coefficient (Wildman–Crippen LogP) is 22.2. The third-order valence-electron chi connectivity index (χ3n) is 9.09. The van der Waals surface area contributed by atoms with Crippen LogP contribution in [0, 0.1) is 0 Å². The molecule has 0 aromatic heterocycles. The monoisotopic (exact) mass is 1290 g/mol. The molecular formula is C54H36Cl9NiO9P3. The second-order valence-electron chi connectivity index (χ2n) is 14.4. The Morgan fingerprint density at radius 2 is 0.263 bits per heavy atom. The summed E-state index contributed by atoms with van der Waals surface area (Å²) in [6, 6.07) is 63.5. The number of rotatable bonds is 18. The van der Waals surface area contributed by atoms with Crippen molar-refractivity contribution in [1.82, 2.24) is 0 Å². The van der Waals surface area contributed by atoms with Gasteiger partial charge in [-0.3, -0.25) is 0 Å². The molecule has 0 spiro atoms. The van der Waals surface area contributed by atoms with Crippen molar-refractivity contribution in [3.8, 4) is 51.7 Å². The quantitative estimate of drug-likeness (QED) is 0.0616. The maximum Gasteiger partial charge on any atom is 0.530 e. The molecule has 9 aromatic carbocycles. The van der Waals surface area contributed by atoms with E-state index in [1.165, 1.54) is 0 Å². The first-order chi connectivity index (χ1) is 36.4. The minimum Gasteiger partial charge on any atom is -0.407 e. The van der Waals surface area contributed by atoms with Crippen molar-refractivity contribution in [2.45, 2.75) is 0 Å². The van der Waals surface area contributed by atoms with Crippen molar-refractivity contribution in [2.75, 3.05) is 0 Å². The van der Waals surface area contributed by atoms with E-state index < -0.39 is 25.8 Å². The molecule has 394 valence electrons. The van der Waals surface area contributed by atoms with Crippen LogP contribution in [0.3, 0.4) is 0 Å². The summed E-state index contributed by atoms with van der Waals surface area (Å²) in [5.41, 5.74) is 0. The summed E-state index contributed by atoms with van der Waals surface area (Å²) in [4.78, 5) is 0. The third-order valence-corrected chi connectivity index (χ3v) is 15.0. The van der Waals surface area contributed by atoms with Gasteiger partial charge < -0.3 is 40.7 Å². The van der Waals surface area contributed by atoms with Crippen LogP contribution in [0.1, 0.15) is 0 Å². The van der Waals surface area contributed by atoms with Gasteiger partial charge in [-0.2, -0.15) is 0 Å². The second kappa shape index (κ2) is 31.8. The molecule has 0 radical (unpaired) electrons. The van der Waals surface area contributed by atoms with Gasteiger partial charge in [0.1, 0.15) is 51.7 Å². The third kappa shape index (κ3) is 19.2. The molecule has 0 saturated heterocycles. The Morgan fingerprint density at radius 1 is 0.171 bits per heavy atom. The fourth-order valence-electron chi connectivity index (χ4n) is 5.56. The fraction of sp³-hybridized carbons (Fsp3) is 0. The normalized spacial score (nSPS) is 10.4. The van der Waals surface area contributed by atoms with E-state index in [0.717, 1.165) is 0 Å². The smallest absolute Gasteiger partial charge is 0.407 e. The summed E-state index contributed by atoms with van der Waals surface area (Å²) in [6.07, 6.45) is 0. The molecule has 0 aliphatic rings. The SMILES string of the molecule is Clc1ccccc1OP(Oc1ccccc1Cl)Oc1ccccc1Cl.Clc1ccccc1OP(Oc1ccccc1Cl)Oc1ccccc1Cl.Clc1ccccc1OP(Oc1ccccc1Cl)Oc1ccccc1Cl.[Ni]. The summed E-state index contributed by atoms with van der Waals surface area (Å²) in [7, 11) is -5.67. The van der Waals surface area contributed by atoms with Gasteiger partial charge in [0, 0.05) is 16.5 Å². The Kier molecular flexibility index (Phi) is 25.5. The molecule has 0 saturated carbocycles. The fourth-order valence-corrected chi connectivity index (χ4v) is 10.8. The van der Waals surface area contributed by atoms with Gasteiger partial charge in [0.25, 0.3) is 0 Å². The first-order valence-corrected chi connectivity index (χ1v) is 28.3. The van der Waals surface area contributed by atoms with E-state index in [-0.39, 0.29) is 16.5 Å². The minimum absolute atomic E-state index is 0. The first-order valence-electron chi connectivity index (χ1n) is 21.6. The van der Waals surface area contributed by atoms with Crippen molar-refractivity contribution in [3.63, 3.8) is 0 Å². The van der Waals surface area contributed by atoms with Gasteiger partial charge in [0.15, 0.2) is 0 Å². The first kappa shape index (κ1) is 60.8. The van der Waals surface area contributed by atoms with Crippen LogP contribution in [0.4, 0.5) is 0 Å². The molecule has 0 aliphatic carbocycles. The van der Waals surface area contributed by atoms with E-state index in [1.807, 2.05) is 0 Å². The number of benzene rings is 9. The van der Waals surface area contributed by atoms with Crippen molar-refractivity contribution < 1.29 is 57.2 Å². The zero-order valence-corrected chi connectivity index (χ0v) is 49.0. The van der Waals surface area contributed by atoms with Crippen molar-refractivity contribution in [3.05, 3.63) is 264 Å². The van der Waals surface area contributed by atoms with Crippen LogP contribution < -0.4 is 40.7 Å². The standard InChI is InChI=1S/3C18H12Cl3O3P.Ni/c3*19-13-7-1-4-10-16(13)22-25(23-17-11-5-2-8-14(17)20)24-18-12-6-3-9-15(18)21;/h3*1-12H;. The predicted molar refractivity (Wildman–Crippen MR) is 309 cm³/mol. The molecule has 9 nitrogen and oxygen atoms in total. The van der Waals surface area contributed by atoms with Gasteiger partial charge in [-0.05, 0) is 109 Å². The molecule has 9 aromatic rings. The molecule has 0 unspecified atom stereocenters. The molecule has 0 N–H and O–H groups in total. The molecule has 0 amide bonds. The Morgan fingerprint density at radius 3 is 0.355 bits per heavy atom. The largest absolute Gasteiger partial charge is 0.530 e. The van der Waals surface area contributed by atoms with Crippen molar-refractivity contribution in [1.29, 1.82) is 0 Å². The molecule has 0 atom stereocenters. The van der Waals surface area contributed by atoms with Gasteiger partial charge in [-0.25, -0.2) is 0 Å². The Bertz CT molecular complexity index is 2590. The van der Waals surface area contributed by atoms with Gasteiger partial charge in [0.05, 0.1) is 45.2 Å². The van der Waals surface area contributed by atoms with Gasteiger partial charge >= 0.3 is 25.8 Å². The van der Waals surface area contributed by atoms with E-state index >= 15 is 0 Å². The van der Waals surface area contributed by atoms with Crippen LogP contribution in [0.15, 0.2) is 218 Å². The zero-order valence-electron chi connectivity index (χ0n) is 38.5. The topological polar surface area (TPSA) is 83.1 Å². The number of hydrogen-bond donors (Lipinski definition) is 0. The van der Waals surface area contributed by atoms with Crippen LogP contribution in [0.5, 0.6) is 51.7 Å². The van der Waals surface area contributed by atoms with E-state index in [9.17, 15) is 0 Å². The maximum atomic E-state index is 6.16. The molecule has 0 aliphatic heterocycles. The van der Waals surface area contributed by atoms with E-state index in [4.69, 9.17) is 145 Å². The number of halogens is 9. The molecule has 76 heavy (non-hydrogen) atoms. The minimum atomic E-state index is -1.89. The molecule has 0 bridgehead atoms. The maximum absolute atomic E-state index is 6.16. The average molecular weight is 1300 g/mol. The summed E-state index contributed by atoms with van der Waals surface area (Å²) < 4.78 is 52.5. The Balaban J connectivity index is 0.000000184. The van der Waals surface area contributed by atoms with Crippen LogP contribution >= 0.6 is 130 Å². The van der Waals surface area contributed by atoms with Crippen molar-refractivity contribution in [2.24, 2.45) is 0 Å². The van der Waals surface area contributed by atoms with E-state index in [1.54, 1.807) is 218 Å². The number of para-hydroxylation sites is 9.